The van der Waals surface area contributed by atoms with Crippen LogP contribution in [-0.2, 0) is 10.2 Å². The number of nitrogens with zero attached hydrogens (tertiary/aromatic N) is 2. The van der Waals surface area contributed by atoms with E-state index in [4.69, 9.17) is 0 Å². The normalized spacial score (nSPS) is 11.6. The second-order valence-corrected chi connectivity index (χ2v) is 6.66. The Morgan fingerprint density at radius 1 is 1.14 bits per heavy atom. The number of anilines is 1. The highest BCUT2D eigenvalue weighted by Crippen LogP contribution is 2.23. The monoisotopic (exact) mass is 314 g/mol. The highest BCUT2D eigenvalue weighted by atomic mass is 32.2. The molecule has 6 nitrogen and oxygen atoms in total. The zero-order chi connectivity index (χ0) is 16.0. The summed E-state index contributed by atoms with van der Waals surface area (Å²) in [4.78, 5) is 11.2. The van der Waals surface area contributed by atoms with Gasteiger partial charge in [0.2, 0.25) is 0 Å². The van der Waals surface area contributed by atoms with E-state index >= 15 is 0 Å². The summed E-state index contributed by atoms with van der Waals surface area (Å²) in [6, 6.07) is 6.09. The minimum absolute atomic E-state index is 0.0310. The van der Waals surface area contributed by atoms with E-state index < -0.39 is 16.2 Å². The summed E-state index contributed by atoms with van der Waals surface area (Å²) in [5, 5.41) is 9.19. The molecule has 1 aromatic rings. The number of hydrogen-bond donors (Lipinski definition) is 1. The smallest absolute Gasteiger partial charge is 0.337 e. The van der Waals surface area contributed by atoms with Gasteiger partial charge in [0.05, 0.1) is 11.3 Å². The van der Waals surface area contributed by atoms with Crippen molar-refractivity contribution in [3.05, 3.63) is 29.8 Å². The van der Waals surface area contributed by atoms with Gasteiger partial charge in [-0.2, -0.15) is 12.7 Å². The van der Waals surface area contributed by atoms with E-state index in [1.807, 2.05) is 13.8 Å². The standard InChI is InChI=1S/C14H22N2O4S/c1-4-10-16(11-5-2)21(19,20)15(3)13-9-7-6-8-12(13)14(17)18/h6-9H,4-5,10-11H2,1-3H3,(H,17,18). The van der Waals surface area contributed by atoms with Crippen LogP contribution in [0.5, 0.6) is 0 Å². The molecule has 0 saturated carbocycles. The largest absolute Gasteiger partial charge is 0.478 e. The predicted octanol–water partition coefficient (Wildman–Crippen LogP) is 2.19. The van der Waals surface area contributed by atoms with E-state index in [0.29, 0.717) is 25.9 Å². The Hall–Kier alpha value is -1.60. The third-order valence-corrected chi connectivity index (χ3v) is 5.00. The molecule has 0 radical (unpaired) electrons. The Bertz CT molecular complexity index is 580. The molecule has 0 fully saturated rings. The van der Waals surface area contributed by atoms with Crippen LogP contribution in [-0.4, -0.2) is 43.9 Å². The number of carboxylic acid groups (broad SMARTS) is 1. The average Bonchev–Trinajstić information content (AvgIpc) is 2.46. The maximum Gasteiger partial charge on any atom is 0.337 e. The van der Waals surface area contributed by atoms with E-state index in [-0.39, 0.29) is 11.3 Å². The van der Waals surface area contributed by atoms with Gasteiger partial charge in [0.25, 0.3) is 0 Å². The van der Waals surface area contributed by atoms with Crippen LogP contribution in [0, 0.1) is 0 Å². The number of carbonyl (C=O) groups is 1. The van der Waals surface area contributed by atoms with Crippen molar-refractivity contribution in [2.75, 3.05) is 24.4 Å². The Morgan fingerprint density at radius 2 is 1.67 bits per heavy atom. The number of benzene rings is 1. The Balaban J connectivity index is 3.22. The van der Waals surface area contributed by atoms with Gasteiger partial charge in [-0.3, -0.25) is 4.31 Å². The molecule has 0 aromatic heterocycles. The van der Waals surface area contributed by atoms with Gasteiger partial charge in [-0.15, -0.1) is 0 Å². The molecule has 0 bridgehead atoms. The summed E-state index contributed by atoms with van der Waals surface area (Å²) in [7, 11) is -2.35. The molecule has 7 heteroatoms. The number of para-hydroxylation sites is 1. The van der Waals surface area contributed by atoms with Crippen LogP contribution in [0.1, 0.15) is 37.0 Å². The molecular weight excluding hydrogens is 292 g/mol. The summed E-state index contributed by atoms with van der Waals surface area (Å²) in [5.74, 6) is -1.15. The molecule has 1 rings (SSSR count). The number of rotatable bonds is 8. The van der Waals surface area contributed by atoms with Crippen LogP contribution >= 0.6 is 0 Å². The minimum atomic E-state index is -3.73. The molecular formula is C14H22N2O4S. The Morgan fingerprint density at radius 3 is 2.14 bits per heavy atom. The highest BCUT2D eigenvalue weighted by Gasteiger charge is 2.28. The van der Waals surface area contributed by atoms with Gasteiger partial charge in [-0.25, -0.2) is 4.79 Å². The molecule has 0 atom stereocenters. The zero-order valence-electron chi connectivity index (χ0n) is 12.6. The van der Waals surface area contributed by atoms with Gasteiger partial charge < -0.3 is 5.11 Å². The molecule has 0 aliphatic rings. The second-order valence-electron chi connectivity index (χ2n) is 4.70. The molecule has 21 heavy (non-hydrogen) atoms. The lowest BCUT2D eigenvalue weighted by Gasteiger charge is -2.29. The first-order valence-corrected chi connectivity index (χ1v) is 8.32. The van der Waals surface area contributed by atoms with E-state index in [2.05, 4.69) is 0 Å². The van der Waals surface area contributed by atoms with Crippen molar-refractivity contribution in [1.29, 1.82) is 0 Å². The molecule has 0 aliphatic carbocycles. The maximum absolute atomic E-state index is 12.6. The molecule has 1 aromatic carbocycles. The topological polar surface area (TPSA) is 77.9 Å². The lowest BCUT2D eigenvalue weighted by atomic mass is 10.2. The van der Waals surface area contributed by atoms with Gasteiger partial charge in [0, 0.05) is 20.1 Å². The minimum Gasteiger partial charge on any atom is -0.478 e. The van der Waals surface area contributed by atoms with Crippen LogP contribution in [0.25, 0.3) is 0 Å². The fourth-order valence-corrected chi connectivity index (χ4v) is 3.65. The highest BCUT2D eigenvalue weighted by molar-refractivity contribution is 7.90. The zero-order valence-corrected chi connectivity index (χ0v) is 13.4. The van der Waals surface area contributed by atoms with Crippen molar-refractivity contribution in [2.24, 2.45) is 0 Å². The maximum atomic E-state index is 12.6. The van der Waals surface area contributed by atoms with Crippen molar-refractivity contribution in [3.8, 4) is 0 Å². The van der Waals surface area contributed by atoms with Gasteiger partial charge in [0.1, 0.15) is 0 Å². The summed E-state index contributed by atoms with van der Waals surface area (Å²) in [6.45, 7) is 4.64. The third kappa shape index (κ3) is 3.95. The molecule has 118 valence electrons. The lowest BCUT2D eigenvalue weighted by Crippen LogP contribution is -2.43. The third-order valence-electron chi connectivity index (χ3n) is 3.09. The molecule has 0 saturated heterocycles. The van der Waals surface area contributed by atoms with Crippen molar-refractivity contribution in [3.63, 3.8) is 0 Å². The first-order valence-electron chi connectivity index (χ1n) is 6.92. The first-order chi connectivity index (χ1) is 9.86. The van der Waals surface area contributed by atoms with Gasteiger partial charge in [-0.05, 0) is 25.0 Å². The van der Waals surface area contributed by atoms with Crippen molar-refractivity contribution in [2.45, 2.75) is 26.7 Å². The second kappa shape index (κ2) is 7.42. The molecule has 0 aliphatic heterocycles. The quantitative estimate of drug-likeness (QED) is 0.798. The van der Waals surface area contributed by atoms with E-state index in [1.165, 1.54) is 23.5 Å². The van der Waals surface area contributed by atoms with Gasteiger partial charge in [-0.1, -0.05) is 26.0 Å². The van der Waals surface area contributed by atoms with Crippen LogP contribution in [0.2, 0.25) is 0 Å². The van der Waals surface area contributed by atoms with Crippen LogP contribution in [0.15, 0.2) is 24.3 Å². The van der Waals surface area contributed by atoms with Crippen molar-refractivity contribution >= 4 is 21.9 Å². The lowest BCUT2D eigenvalue weighted by molar-refractivity contribution is 0.0698. The molecule has 0 amide bonds. The van der Waals surface area contributed by atoms with E-state index in [0.717, 1.165) is 4.31 Å². The van der Waals surface area contributed by atoms with Crippen molar-refractivity contribution < 1.29 is 18.3 Å². The fourth-order valence-electron chi connectivity index (χ4n) is 2.07. The number of carboxylic acids is 1. The average molecular weight is 314 g/mol. The Kier molecular flexibility index (Phi) is 6.17. The SMILES string of the molecule is CCCN(CCC)S(=O)(=O)N(C)c1ccccc1C(=O)O. The summed E-state index contributed by atoms with van der Waals surface area (Å²) < 4.78 is 27.7. The summed E-state index contributed by atoms with van der Waals surface area (Å²) in [6.07, 6.45) is 1.40. The molecule has 0 spiro atoms. The van der Waals surface area contributed by atoms with Gasteiger partial charge in [0.15, 0.2) is 0 Å². The first kappa shape index (κ1) is 17.5. The molecule has 0 heterocycles. The van der Waals surface area contributed by atoms with Crippen molar-refractivity contribution in [1.82, 2.24) is 4.31 Å². The Labute approximate surface area is 126 Å². The van der Waals surface area contributed by atoms with E-state index in [1.54, 1.807) is 12.1 Å². The fraction of sp³-hybridized carbons (Fsp3) is 0.500. The van der Waals surface area contributed by atoms with E-state index in [9.17, 15) is 18.3 Å². The van der Waals surface area contributed by atoms with Gasteiger partial charge >= 0.3 is 16.2 Å². The van der Waals surface area contributed by atoms with Crippen LogP contribution in [0.4, 0.5) is 5.69 Å². The predicted molar refractivity (Wildman–Crippen MR) is 82.9 cm³/mol. The summed E-state index contributed by atoms with van der Waals surface area (Å²) >= 11 is 0. The molecule has 1 N–H and O–H groups in total. The van der Waals surface area contributed by atoms with Crippen LogP contribution < -0.4 is 4.31 Å². The number of hydrogen-bond acceptors (Lipinski definition) is 3. The molecule has 0 unspecified atom stereocenters. The number of aromatic carboxylic acids is 1. The van der Waals surface area contributed by atoms with Crippen LogP contribution in [0.3, 0.4) is 0 Å². The summed E-state index contributed by atoms with van der Waals surface area (Å²) in [5.41, 5.74) is 0.138.